The quantitative estimate of drug-likeness (QED) is 0.390. The maximum atomic E-state index is 9.48. The Labute approximate surface area is 82.4 Å². The Morgan fingerprint density at radius 3 is 2.00 bits per heavy atom. The fourth-order valence-electron chi connectivity index (χ4n) is 0. The molecule has 0 saturated carbocycles. The van der Waals surface area contributed by atoms with Crippen LogP contribution in [-0.2, 0) is 11.1 Å². The van der Waals surface area contributed by atoms with Crippen molar-refractivity contribution in [1.29, 1.82) is 0 Å². The predicted molar refractivity (Wildman–Crippen MR) is 28.5 cm³/mol. The van der Waals surface area contributed by atoms with Crippen LogP contribution in [0, 0.1) is 0 Å². The molecule has 1 unspecified atom stereocenters. The summed E-state index contributed by atoms with van der Waals surface area (Å²) in [5.41, 5.74) is 0. The minimum absolute atomic E-state index is 0. The molecule has 0 aliphatic carbocycles. The zero-order chi connectivity index (χ0) is 4.28. The molecular weight excluding hydrogens is 127 g/mol. The van der Waals surface area contributed by atoms with Crippen LogP contribution >= 0.6 is 0 Å². The van der Waals surface area contributed by atoms with Crippen molar-refractivity contribution in [3.05, 3.63) is 0 Å². The Morgan fingerprint density at radius 2 is 2.00 bits per heavy atom. The monoisotopic (exact) mass is 134 g/mol. The van der Waals surface area contributed by atoms with Gasteiger partial charge in [0.1, 0.15) is 0 Å². The van der Waals surface area contributed by atoms with E-state index in [2.05, 4.69) is 0 Å². The molecule has 0 saturated heterocycles. The second-order valence-electron chi connectivity index (χ2n) is 0.610. The predicted octanol–water partition coefficient (Wildman–Crippen LogP) is -0.420. The van der Waals surface area contributed by atoms with E-state index < -0.39 is 11.1 Å². The van der Waals surface area contributed by atoms with Gasteiger partial charge in [-0.3, -0.25) is 0 Å². The van der Waals surface area contributed by atoms with E-state index in [-0.39, 0.29) is 51.4 Å². The van der Waals surface area contributed by atoms with Gasteiger partial charge in [0.2, 0.25) is 0 Å². The van der Waals surface area contributed by atoms with Crippen LogP contribution in [-0.4, -0.2) is 65.9 Å². The van der Waals surface area contributed by atoms with Gasteiger partial charge in [-0.15, -0.1) is 0 Å². The first-order valence-corrected chi connectivity index (χ1v) is 2.62. The molecule has 2 nitrogen and oxygen atoms in total. The molecule has 0 aliphatic heterocycles. The van der Waals surface area contributed by atoms with E-state index in [4.69, 9.17) is 4.55 Å². The standard InChI is InChI=1S/C2H6O2S.K.H/c1-2-5(3)4;;/h2H2,1H3,(H,3,4);;. The van der Waals surface area contributed by atoms with Crippen LogP contribution in [0.2, 0.25) is 0 Å². The van der Waals surface area contributed by atoms with E-state index >= 15 is 0 Å². The maximum absolute atomic E-state index is 9.48. The van der Waals surface area contributed by atoms with Gasteiger partial charge in [0.15, 0.2) is 11.1 Å². The molecule has 0 bridgehead atoms. The first-order chi connectivity index (χ1) is 2.27. The third-order valence-corrected chi connectivity index (χ3v) is 0.741. The van der Waals surface area contributed by atoms with Crippen molar-refractivity contribution in [2.45, 2.75) is 6.92 Å². The molecular formula is C2H7KO2S. The van der Waals surface area contributed by atoms with E-state index in [0.29, 0.717) is 5.75 Å². The average Bonchev–Trinajstić information content (AvgIpc) is 1.38. The normalized spacial score (nSPS) is 12.3. The zero-order valence-corrected chi connectivity index (χ0v) is 3.79. The van der Waals surface area contributed by atoms with Crippen LogP contribution in [0.5, 0.6) is 0 Å². The topological polar surface area (TPSA) is 37.3 Å². The Hall–Kier alpha value is 1.75. The van der Waals surface area contributed by atoms with Crippen molar-refractivity contribution >= 4 is 62.5 Å². The van der Waals surface area contributed by atoms with Crippen LogP contribution in [0.25, 0.3) is 0 Å². The molecule has 0 aromatic carbocycles. The van der Waals surface area contributed by atoms with Crippen molar-refractivity contribution in [1.82, 2.24) is 0 Å². The summed E-state index contributed by atoms with van der Waals surface area (Å²) in [5, 5.41) is 0. The molecule has 1 atom stereocenters. The van der Waals surface area contributed by atoms with E-state index in [0.717, 1.165) is 0 Å². The molecule has 0 amide bonds. The van der Waals surface area contributed by atoms with E-state index in [1.165, 1.54) is 0 Å². The van der Waals surface area contributed by atoms with Gasteiger partial charge in [-0.2, -0.15) is 0 Å². The average molecular weight is 134 g/mol. The van der Waals surface area contributed by atoms with Crippen molar-refractivity contribution < 1.29 is 8.76 Å². The Morgan fingerprint density at radius 1 is 1.83 bits per heavy atom. The molecule has 0 heterocycles. The second-order valence-corrected chi connectivity index (χ2v) is 1.83. The van der Waals surface area contributed by atoms with Gasteiger partial charge >= 0.3 is 51.4 Å². The summed E-state index contributed by atoms with van der Waals surface area (Å²) in [6, 6.07) is 0. The van der Waals surface area contributed by atoms with Crippen molar-refractivity contribution in [2.24, 2.45) is 0 Å². The Balaban J connectivity index is 0. The fraction of sp³-hybridized carbons (Fsp3) is 1.00. The minimum atomic E-state index is -1.57. The molecule has 0 rings (SSSR count). The molecule has 0 spiro atoms. The first-order valence-electron chi connectivity index (χ1n) is 1.35. The molecule has 0 aliphatic rings. The van der Waals surface area contributed by atoms with Crippen molar-refractivity contribution in [2.75, 3.05) is 5.75 Å². The molecule has 4 heteroatoms. The van der Waals surface area contributed by atoms with Crippen LogP contribution < -0.4 is 0 Å². The summed E-state index contributed by atoms with van der Waals surface area (Å²) in [6.07, 6.45) is 0. The van der Waals surface area contributed by atoms with Gasteiger partial charge in [-0.25, -0.2) is 4.21 Å². The van der Waals surface area contributed by atoms with Crippen LogP contribution in [0.3, 0.4) is 0 Å². The molecule has 1 N–H and O–H groups in total. The molecule has 0 aromatic rings. The number of hydrogen-bond acceptors (Lipinski definition) is 1. The van der Waals surface area contributed by atoms with Gasteiger partial charge < -0.3 is 4.55 Å². The summed E-state index contributed by atoms with van der Waals surface area (Å²) in [6.45, 7) is 1.65. The van der Waals surface area contributed by atoms with Crippen LogP contribution in [0.15, 0.2) is 0 Å². The van der Waals surface area contributed by atoms with Gasteiger partial charge in [0, 0.05) is 5.75 Å². The van der Waals surface area contributed by atoms with E-state index in [1.54, 1.807) is 6.92 Å². The summed E-state index contributed by atoms with van der Waals surface area (Å²) in [5.74, 6) is 0.333. The Kier molecular flexibility index (Phi) is 12.0. The third-order valence-electron chi connectivity index (χ3n) is 0.247. The third kappa shape index (κ3) is 9.22. The van der Waals surface area contributed by atoms with E-state index in [9.17, 15) is 4.21 Å². The van der Waals surface area contributed by atoms with Gasteiger partial charge in [0.05, 0.1) is 0 Å². The summed E-state index contributed by atoms with van der Waals surface area (Å²) in [7, 11) is 0. The van der Waals surface area contributed by atoms with E-state index in [1.807, 2.05) is 0 Å². The summed E-state index contributed by atoms with van der Waals surface area (Å²) in [4.78, 5) is 0. The van der Waals surface area contributed by atoms with Crippen molar-refractivity contribution in [3.8, 4) is 0 Å². The number of hydrogen-bond donors (Lipinski definition) is 1. The van der Waals surface area contributed by atoms with Crippen LogP contribution in [0.1, 0.15) is 6.92 Å². The Bertz CT molecular complexity index is 46.8. The summed E-state index contributed by atoms with van der Waals surface area (Å²) >= 11 is -1.57. The second kappa shape index (κ2) is 6.75. The first kappa shape index (κ1) is 10.7. The number of rotatable bonds is 1. The SMILES string of the molecule is CCS(=O)O.[KH]. The molecule has 0 aromatic heterocycles. The molecule has 34 valence electrons. The van der Waals surface area contributed by atoms with Gasteiger partial charge in [-0.1, -0.05) is 6.92 Å². The van der Waals surface area contributed by atoms with Gasteiger partial charge in [-0.05, 0) is 0 Å². The molecule has 0 fully saturated rings. The fourth-order valence-corrected chi connectivity index (χ4v) is 0. The van der Waals surface area contributed by atoms with Crippen LogP contribution in [0.4, 0.5) is 0 Å². The van der Waals surface area contributed by atoms with Gasteiger partial charge in [0.25, 0.3) is 0 Å². The summed E-state index contributed by atoms with van der Waals surface area (Å²) < 4.78 is 17.3. The zero-order valence-electron chi connectivity index (χ0n) is 2.97. The van der Waals surface area contributed by atoms with Crippen molar-refractivity contribution in [3.63, 3.8) is 0 Å². The molecule has 0 radical (unpaired) electrons. The molecule has 6 heavy (non-hydrogen) atoms.